The van der Waals surface area contributed by atoms with E-state index in [0.717, 1.165) is 58.1 Å². The smallest absolute Gasteiger partial charge is 0.129 e. The fourth-order valence-electron chi connectivity index (χ4n) is 3.99. The first-order valence-corrected chi connectivity index (χ1v) is 10.2. The number of aromatic hydroxyl groups is 1. The molecule has 4 aromatic rings. The topological polar surface area (TPSA) is 62.1 Å². The van der Waals surface area contributed by atoms with Crippen molar-refractivity contribution in [1.29, 1.82) is 0 Å². The molecule has 0 unspecified atom stereocenters. The van der Waals surface area contributed by atoms with Crippen LogP contribution in [0.3, 0.4) is 0 Å². The second-order valence-corrected chi connectivity index (χ2v) is 7.65. The maximum atomic E-state index is 9.99. The molecule has 3 heterocycles. The lowest BCUT2D eigenvalue weighted by Gasteiger charge is -2.40. The number of anilines is 1. The number of hydrogen-bond donors (Lipinski definition) is 1. The number of aromatic nitrogens is 3. The Labute approximate surface area is 181 Å². The van der Waals surface area contributed by atoms with Crippen LogP contribution >= 0.6 is 0 Å². The van der Waals surface area contributed by atoms with E-state index in [9.17, 15) is 5.11 Å². The molecule has 152 valence electrons. The molecule has 31 heavy (non-hydrogen) atoms. The standard InChI is InChI=1S/C26H22N4O/c1-3-17-12-13-24(27-21(17)4-2)30-15-19(16-30)26-25(18-8-7-9-20(31)14-18)28-22-10-5-6-11-23(22)29-26/h3-14,19,31H,1-2,15-16H2. The van der Waals surface area contributed by atoms with Crippen molar-refractivity contribution in [2.24, 2.45) is 0 Å². The van der Waals surface area contributed by atoms with Crippen molar-refractivity contribution in [3.05, 3.63) is 90.8 Å². The maximum Gasteiger partial charge on any atom is 0.129 e. The lowest BCUT2D eigenvalue weighted by Crippen LogP contribution is -2.46. The Kier molecular flexibility index (Phi) is 4.71. The Hall–Kier alpha value is -3.99. The fourth-order valence-corrected chi connectivity index (χ4v) is 3.99. The van der Waals surface area contributed by atoms with Crippen LogP contribution in [-0.2, 0) is 0 Å². The van der Waals surface area contributed by atoms with Gasteiger partial charge >= 0.3 is 0 Å². The molecule has 1 saturated heterocycles. The van der Waals surface area contributed by atoms with E-state index in [4.69, 9.17) is 15.0 Å². The van der Waals surface area contributed by atoms with Gasteiger partial charge in [0, 0.05) is 24.6 Å². The van der Waals surface area contributed by atoms with Crippen molar-refractivity contribution < 1.29 is 5.11 Å². The van der Waals surface area contributed by atoms with Crippen LogP contribution in [0.15, 0.2) is 73.8 Å². The number of para-hydroxylation sites is 2. The molecule has 5 rings (SSSR count). The first-order valence-electron chi connectivity index (χ1n) is 10.2. The van der Waals surface area contributed by atoms with Crippen molar-refractivity contribution in [2.75, 3.05) is 18.0 Å². The minimum Gasteiger partial charge on any atom is -0.508 e. The van der Waals surface area contributed by atoms with Crippen LogP contribution in [0.25, 0.3) is 34.4 Å². The van der Waals surface area contributed by atoms with Crippen LogP contribution in [0.1, 0.15) is 22.9 Å². The van der Waals surface area contributed by atoms with Crippen LogP contribution in [-0.4, -0.2) is 33.1 Å². The van der Waals surface area contributed by atoms with Gasteiger partial charge in [0.1, 0.15) is 11.6 Å². The summed E-state index contributed by atoms with van der Waals surface area (Å²) < 4.78 is 0. The van der Waals surface area contributed by atoms with E-state index in [2.05, 4.69) is 18.1 Å². The van der Waals surface area contributed by atoms with Gasteiger partial charge in [-0.15, -0.1) is 0 Å². The van der Waals surface area contributed by atoms with Crippen molar-refractivity contribution >= 4 is 29.0 Å². The van der Waals surface area contributed by atoms with Gasteiger partial charge in [-0.3, -0.25) is 0 Å². The average Bonchev–Trinajstić information content (AvgIpc) is 2.77. The number of fused-ring (bicyclic) bond motifs is 1. The summed E-state index contributed by atoms with van der Waals surface area (Å²) in [7, 11) is 0. The fraction of sp³-hybridized carbons (Fsp3) is 0.115. The Morgan fingerprint density at radius 1 is 0.871 bits per heavy atom. The molecule has 0 saturated carbocycles. The minimum atomic E-state index is 0.220. The molecule has 0 aliphatic carbocycles. The second-order valence-electron chi connectivity index (χ2n) is 7.65. The van der Waals surface area contributed by atoms with Crippen molar-refractivity contribution in [1.82, 2.24) is 15.0 Å². The summed E-state index contributed by atoms with van der Waals surface area (Å²) in [6.45, 7) is 9.30. The molecule has 5 nitrogen and oxygen atoms in total. The molecule has 0 atom stereocenters. The van der Waals surface area contributed by atoms with Gasteiger partial charge in [0.05, 0.1) is 28.1 Å². The number of pyridine rings is 1. The van der Waals surface area contributed by atoms with Gasteiger partial charge in [-0.2, -0.15) is 0 Å². The molecule has 1 fully saturated rings. The van der Waals surface area contributed by atoms with Gasteiger partial charge in [0.2, 0.25) is 0 Å². The number of rotatable bonds is 5. The van der Waals surface area contributed by atoms with Crippen LogP contribution in [0.2, 0.25) is 0 Å². The Morgan fingerprint density at radius 3 is 2.35 bits per heavy atom. The third-order valence-electron chi connectivity index (χ3n) is 5.67. The molecule has 1 aliphatic heterocycles. The highest BCUT2D eigenvalue weighted by Crippen LogP contribution is 2.36. The lowest BCUT2D eigenvalue weighted by atomic mass is 9.92. The zero-order chi connectivity index (χ0) is 21.4. The van der Waals surface area contributed by atoms with Crippen LogP contribution in [0, 0.1) is 0 Å². The maximum absolute atomic E-state index is 9.99. The van der Waals surface area contributed by atoms with Gasteiger partial charge in [0.15, 0.2) is 0 Å². The second kappa shape index (κ2) is 7.69. The molecule has 2 aromatic heterocycles. The first-order chi connectivity index (χ1) is 15.2. The summed E-state index contributed by atoms with van der Waals surface area (Å²) in [4.78, 5) is 16.8. The van der Waals surface area contributed by atoms with E-state index in [0.29, 0.717) is 0 Å². The van der Waals surface area contributed by atoms with Crippen molar-refractivity contribution in [3.8, 4) is 17.0 Å². The number of nitrogens with zero attached hydrogens (tertiary/aromatic N) is 4. The van der Waals surface area contributed by atoms with Crippen LogP contribution in [0.4, 0.5) is 5.82 Å². The van der Waals surface area contributed by atoms with Crippen molar-refractivity contribution in [2.45, 2.75) is 5.92 Å². The number of hydrogen-bond acceptors (Lipinski definition) is 5. The predicted octanol–water partition coefficient (Wildman–Crippen LogP) is 5.29. The molecule has 1 aliphatic rings. The zero-order valence-corrected chi connectivity index (χ0v) is 17.1. The Bertz CT molecular complexity index is 1310. The largest absolute Gasteiger partial charge is 0.508 e. The highest BCUT2D eigenvalue weighted by Gasteiger charge is 2.33. The summed E-state index contributed by atoms with van der Waals surface area (Å²) in [6.07, 6.45) is 3.55. The summed E-state index contributed by atoms with van der Waals surface area (Å²) in [6, 6.07) is 19.1. The highest BCUT2D eigenvalue weighted by atomic mass is 16.3. The molecular formula is C26H22N4O. The Morgan fingerprint density at radius 2 is 1.65 bits per heavy atom. The molecule has 0 amide bonds. The van der Waals surface area contributed by atoms with Gasteiger partial charge < -0.3 is 10.0 Å². The average molecular weight is 406 g/mol. The molecular weight excluding hydrogens is 384 g/mol. The van der Waals surface area contributed by atoms with Gasteiger partial charge in [0.25, 0.3) is 0 Å². The molecule has 0 bridgehead atoms. The van der Waals surface area contributed by atoms with Crippen LogP contribution < -0.4 is 4.90 Å². The number of benzene rings is 2. The minimum absolute atomic E-state index is 0.220. The molecule has 2 aromatic carbocycles. The van der Waals surface area contributed by atoms with Gasteiger partial charge in [-0.25, -0.2) is 15.0 Å². The first kappa shape index (κ1) is 19.0. The summed E-state index contributed by atoms with van der Waals surface area (Å²) in [5.41, 5.74) is 6.17. The summed E-state index contributed by atoms with van der Waals surface area (Å²) in [5.74, 6) is 1.36. The number of phenolic OH excluding ortho intramolecular Hbond substituents is 1. The van der Waals surface area contributed by atoms with Crippen LogP contribution in [0.5, 0.6) is 5.75 Å². The van der Waals surface area contributed by atoms with Gasteiger partial charge in [-0.05, 0) is 48.0 Å². The Balaban J connectivity index is 1.50. The van der Waals surface area contributed by atoms with Gasteiger partial charge in [-0.1, -0.05) is 43.5 Å². The molecule has 5 heteroatoms. The molecule has 0 radical (unpaired) electrons. The van der Waals surface area contributed by atoms with Crippen molar-refractivity contribution in [3.63, 3.8) is 0 Å². The molecule has 0 spiro atoms. The third kappa shape index (κ3) is 3.44. The van der Waals surface area contributed by atoms with E-state index in [1.54, 1.807) is 24.3 Å². The monoisotopic (exact) mass is 406 g/mol. The van der Waals surface area contributed by atoms with E-state index < -0.39 is 0 Å². The number of phenols is 1. The van der Waals surface area contributed by atoms with E-state index in [-0.39, 0.29) is 11.7 Å². The lowest BCUT2D eigenvalue weighted by molar-refractivity contribution is 0.475. The summed E-state index contributed by atoms with van der Waals surface area (Å²) >= 11 is 0. The normalized spacial score (nSPS) is 13.7. The summed E-state index contributed by atoms with van der Waals surface area (Å²) in [5, 5.41) is 9.99. The highest BCUT2D eigenvalue weighted by molar-refractivity contribution is 5.79. The predicted molar refractivity (Wildman–Crippen MR) is 126 cm³/mol. The SMILES string of the molecule is C=Cc1ccc(N2CC(c3nc4ccccc4nc3-c3cccc(O)c3)C2)nc1C=C. The van der Waals surface area contributed by atoms with E-state index in [1.165, 1.54) is 0 Å². The zero-order valence-electron chi connectivity index (χ0n) is 17.1. The van der Waals surface area contributed by atoms with E-state index in [1.807, 2.05) is 48.5 Å². The molecule has 1 N–H and O–H groups in total. The quantitative estimate of drug-likeness (QED) is 0.488. The van der Waals surface area contributed by atoms with E-state index >= 15 is 0 Å². The third-order valence-corrected chi connectivity index (χ3v) is 5.67.